The van der Waals surface area contributed by atoms with E-state index < -0.39 is 0 Å². The highest BCUT2D eigenvalue weighted by molar-refractivity contribution is 8.00. The van der Waals surface area contributed by atoms with E-state index in [-0.39, 0.29) is 0 Å². The zero-order chi connectivity index (χ0) is 6.20. The van der Waals surface area contributed by atoms with Crippen LogP contribution in [0.2, 0.25) is 0 Å². The van der Waals surface area contributed by atoms with E-state index in [1.54, 1.807) is 0 Å². The quantitative estimate of drug-likeness (QED) is 0.553. The minimum atomic E-state index is 0.708. The van der Waals surface area contributed by atoms with Gasteiger partial charge in [0.15, 0.2) is 0 Å². The smallest absolute Gasteiger partial charge is 0.0181 e. The third kappa shape index (κ3) is 0.883. The van der Waals surface area contributed by atoms with Gasteiger partial charge in [0.2, 0.25) is 0 Å². The second-order valence-electron chi connectivity index (χ2n) is 2.92. The minimum absolute atomic E-state index is 0.708. The molecule has 1 aliphatic rings. The van der Waals surface area contributed by atoms with Gasteiger partial charge in [-0.15, -0.1) is 0 Å². The standard InChI is InChI=1S/C7H14S/c1-6(2)7(8-3)4-5-7/h6H,4-5H2,1-3H3. The first-order chi connectivity index (χ1) is 3.71. The summed E-state index contributed by atoms with van der Waals surface area (Å²) in [5.41, 5.74) is 0. The highest BCUT2D eigenvalue weighted by Crippen LogP contribution is 2.52. The topological polar surface area (TPSA) is 0 Å². The molecule has 1 heteroatoms. The van der Waals surface area contributed by atoms with Crippen LogP contribution >= 0.6 is 11.8 Å². The summed E-state index contributed by atoms with van der Waals surface area (Å²) in [6, 6.07) is 0. The van der Waals surface area contributed by atoms with Crippen molar-refractivity contribution in [1.82, 2.24) is 0 Å². The molecule has 1 saturated carbocycles. The Hall–Kier alpha value is 0.350. The zero-order valence-corrected chi connectivity index (χ0v) is 6.72. The molecule has 0 N–H and O–H groups in total. The largest absolute Gasteiger partial charge is 0.158 e. The van der Waals surface area contributed by atoms with Crippen LogP contribution in [0.3, 0.4) is 0 Å². The Bertz CT molecular complexity index is 82.4. The van der Waals surface area contributed by atoms with Gasteiger partial charge in [0, 0.05) is 4.75 Å². The molecule has 8 heavy (non-hydrogen) atoms. The van der Waals surface area contributed by atoms with Crippen molar-refractivity contribution < 1.29 is 0 Å². The third-order valence-corrected chi connectivity index (χ3v) is 3.89. The van der Waals surface area contributed by atoms with E-state index in [1.807, 2.05) is 11.8 Å². The fourth-order valence-corrected chi connectivity index (χ4v) is 2.12. The summed E-state index contributed by atoms with van der Waals surface area (Å²) in [5.74, 6) is 0.887. The molecule has 0 heterocycles. The van der Waals surface area contributed by atoms with Crippen LogP contribution in [0.15, 0.2) is 0 Å². The van der Waals surface area contributed by atoms with Crippen LogP contribution in [0, 0.1) is 5.92 Å². The maximum atomic E-state index is 2.32. The SMILES string of the molecule is CSC1(C(C)C)CC1. The average molecular weight is 130 g/mol. The van der Waals surface area contributed by atoms with Crippen molar-refractivity contribution in [3.63, 3.8) is 0 Å². The second-order valence-corrected chi connectivity index (χ2v) is 4.14. The molecular weight excluding hydrogens is 116 g/mol. The summed E-state index contributed by atoms with van der Waals surface area (Å²) in [6.45, 7) is 4.65. The van der Waals surface area contributed by atoms with Gasteiger partial charge in [0.05, 0.1) is 0 Å². The van der Waals surface area contributed by atoms with Crippen LogP contribution in [-0.4, -0.2) is 11.0 Å². The highest BCUT2D eigenvalue weighted by Gasteiger charge is 2.44. The fraction of sp³-hybridized carbons (Fsp3) is 1.00. The maximum Gasteiger partial charge on any atom is 0.0181 e. The Balaban J connectivity index is 2.41. The Labute approximate surface area is 56.0 Å². The van der Waals surface area contributed by atoms with Crippen molar-refractivity contribution in [2.24, 2.45) is 5.92 Å². The van der Waals surface area contributed by atoms with E-state index in [9.17, 15) is 0 Å². The highest BCUT2D eigenvalue weighted by atomic mass is 32.2. The normalized spacial score (nSPS) is 24.0. The molecule has 0 unspecified atom stereocenters. The van der Waals surface area contributed by atoms with Gasteiger partial charge in [-0.25, -0.2) is 0 Å². The lowest BCUT2D eigenvalue weighted by Gasteiger charge is -2.15. The zero-order valence-electron chi connectivity index (χ0n) is 5.90. The van der Waals surface area contributed by atoms with Crippen LogP contribution < -0.4 is 0 Å². The van der Waals surface area contributed by atoms with Crippen LogP contribution in [0.25, 0.3) is 0 Å². The molecule has 0 aliphatic heterocycles. The molecule has 0 radical (unpaired) electrons. The predicted octanol–water partition coefficient (Wildman–Crippen LogP) is 2.54. The van der Waals surface area contributed by atoms with Gasteiger partial charge >= 0.3 is 0 Å². The molecule has 1 aliphatic carbocycles. The van der Waals surface area contributed by atoms with Gasteiger partial charge in [0.25, 0.3) is 0 Å². The molecule has 0 saturated heterocycles. The molecule has 0 aromatic heterocycles. The first-order valence-corrected chi connectivity index (χ1v) is 4.49. The molecule has 48 valence electrons. The number of thioether (sulfide) groups is 1. The van der Waals surface area contributed by atoms with Crippen molar-refractivity contribution in [2.45, 2.75) is 31.4 Å². The summed E-state index contributed by atoms with van der Waals surface area (Å²) in [5, 5.41) is 0. The molecule has 1 fully saturated rings. The summed E-state index contributed by atoms with van der Waals surface area (Å²) >= 11 is 2.05. The van der Waals surface area contributed by atoms with Crippen LogP contribution in [0.4, 0.5) is 0 Å². The number of hydrogen-bond donors (Lipinski definition) is 0. The number of rotatable bonds is 2. The number of hydrogen-bond acceptors (Lipinski definition) is 1. The third-order valence-electron chi connectivity index (χ3n) is 2.20. The summed E-state index contributed by atoms with van der Waals surface area (Å²) in [4.78, 5) is 0. The summed E-state index contributed by atoms with van der Waals surface area (Å²) in [7, 11) is 0. The van der Waals surface area contributed by atoms with Crippen molar-refractivity contribution in [3.05, 3.63) is 0 Å². The Morgan fingerprint density at radius 1 is 1.38 bits per heavy atom. The summed E-state index contributed by atoms with van der Waals surface area (Å²) in [6.07, 6.45) is 5.13. The van der Waals surface area contributed by atoms with E-state index in [4.69, 9.17) is 0 Å². The van der Waals surface area contributed by atoms with Crippen molar-refractivity contribution in [1.29, 1.82) is 0 Å². The molecule has 1 rings (SSSR count). The lowest BCUT2D eigenvalue weighted by molar-refractivity contribution is 0.604. The van der Waals surface area contributed by atoms with Crippen molar-refractivity contribution in [2.75, 3.05) is 6.26 Å². The second kappa shape index (κ2) is 1.94. The van der Waals surface area contributed by atoms with Gasteiger partial charge in [-0.2, -0.15) is 11.8 Å². The van der Waals surface area contributed by atoms with Crippen molar-refractivity contribution >= 4 is 11.8 Å². The van der Waals surface area contributed by atoms with Gasteiger partial charge < -0.3 is 0 Å². The average Bonchev–Trinajstić information content (AvgIpc) is 2.44. The molecule has 0 bridgehead atoms. The monoisotopic (exact) mass is 130 g/mol. The van der Waals surface area contributed by atoms with Crippen molar-refractivity contribution in [3.8, 4) is 0 Å². The minimum Gasteiger partial charge on any atom is -0.158 e. The molecule has 0 aromatic carbocycles. The lowest BCUT2D eigenvalue weighted by atomic mass is 10.1. The van der Waals surface area contributed by atoms with Gasteiger partial charge in [-0.1, -0.05) is 13.8 Å². The van der Waals surface area contributed by atoms with Crippen LogP contribution in [0.1, 0.15) is 26.7 Å². The first kappa shape index (κ1) is 6.47. The molecular formula is C7H14S. The van der Waals surface area contributed by atoms with E-state index in [0.717, 1.165) is 5.92 Å². The van der Waals surface area contributed by atoms with E-state index in [1.165, 1.54) is 12.8 Å². The Morgan fingerprint density at radius 3 is 1.88 bits per heavy atom. The van der Waals surface area contributed by atoms with E-state index in [2.05, 4.69) is 20.1 Å². The first-order valence-electron chi connectivity index (χ1n) is 3.26. The van der Waals surface area contributed by atoms with Gasteiger partial charge in [0.1, 0.15) is 0 Å². The lowest BCUT2D eigenvalue weighted by Crippen LogP contribution is -2.10. The Morgan fingerprint density at radius 2 is 1.88 bits per heavy atom. The molecule has 0 aromatic rings. The molecule has 0 amide bonds. The predicted molar refractivity (Wildman–Crippen MR) is 40.3 cm³/mol. The van der Waals surface area contributed by atoms with E-state index in [0.29, 0.717) is 4.75 Å². The maximum absolute atomic E-state index is 2.32. The molecule has 0 nitrogen and oxygen atoms in total. The molecule has 0 spiro atoms. The van der Waals surface area contributed by atoms with Gasteiger partial charge in [-0.05, 0) is 25.0 Å². The van der Waals surface area contributed by atoms with Gasteiger partial charge in [-0.3, -0.25) is 0 Å². The fourth-order valence-electron chi connectivity index (χ4n) is 1.14. The van der Waals surface area contributed by atoms with Crippen LogP contribution in [0.5, 0.6) is 0 Å². The van der Waals surface area contributed by atoms with E-state index >= 15 is 0 Å². The Kier molecular flexibility index (Phi) is 1.57. The summed E-state index contributed by atoms with van der Waals surface area (Å²) < 4.78 is 0.708. The van der Waals surface area contributed by atoms with Crippen LogP contribution in [-0.2, 0) is 0 Å². The molecule has 0 atom stereocenters.